The molecule has 0 saturated carbocycles. The van der Waals surface area contributed by atoms with Gasteiger partial charge in [-0.3, -0.25) is 0 Å². The minimum Gasteiger partial charge on any atom is -0.439 e. The van der Waals surface area contributed by atoms with Crippen LogP contribution in [-0.2, 0) is 7.05 Å². The molecule has 0 unspecified atom stereocenters. The van der Waals surface area contributed by atoms with Gasteiger partial charge in [0.1, 0.15) is 17.1 Å². The minimum absolute atomic E-state index is 0.292. The van der Waals surface area contributed by atoms with Gasteiger partial charge < -0.3 is 9.30 Å². The molecule has 19 heavy (non-hydrogen) atoms. The van der Waals surface area contributed by atoms with E-state index in [2.05, 4.69) is 9.97 Å². The highest BCUT2D eigenvalue weighted by atomic mass is 19.1. The Kier molecular flexibility index (Phi) is 2.67. The lowest BCUT2D eigenvalue weighted by atomic mass is 10.2. The number of hydrogen-bond acceptors (Lipinski definition) is 3. The van der Waals surface area contributed by atoms with Gasteiger partial charge in [0.25, 0.3) is 0 Å². The van der Waals surface area contributed by atoms with Crippen molar-refractivity contribution in [2.45, 2.75) is 6.92 Å². The fraction of sp³-hybridized carbons (Fsp3) is 0.143. The maximum atomic E-state index is 13.4. The van der Waals surface area contributed by atoms with Crippen LogP contribution in [0.1, 0.15) is 5.56 Å². The average Bonchev–Trinajstić information content (AvgIpc) is 2.76. The summed E-state index contributed by atoms with van der Waals surface area (Å²) in [4.78, 5) is 8.51. The monoisotopic (exact) mass is 257 g/mol. The number of nitrogens with zero attached hydrogens (tertiary/aromatic N) is 3. The van der Waals surface area contributed by atoms with Crippen molar-refractivity contribution in [2.24, 2.45) is 7.05 Å². The van der Waals surface area contributed by atoms with Crippen molar-refractivity contribution in [1.29, 1.82) is 0 Å². The number of fused-ring (bicyclic) bond motifs is 1. The fourth-order valence-corrected chi connectivity index (χ4v) is 1.80. The second kappa shape index (κ2) is 4.35. The van der Waals surface area contributed by atoms with E-state index in [-0.39, 0.29) is 5.82 Å². The second-order valence-corrected chi connectivity index (χ2v) is 4.36. The predicted octanol–water partition coefficient (Wildman–Crippen LogP) is 3.21. The van der Waals surface area contributed by atoms with Gasteiger partial charge in [-0.05, 0) is 24.6 Å². The van der Waals surface area contributed by atoms with Crippen LogP contribution in [0.25, 0.3) is 11.2 Å². The molecule has 2 aromatic heterocycles. The third-order valence-electron chi connectivity index (χ3n) is 2.90. The summed E-state index contributed by atoms with van der Waals surface area (Å²) in [6.45, 7) is 1.71. The minimum atomic E-state index is -0.292. The number of benzene rings is 1. The molecule has 0 spiro atoms. The van der Waals surface area contributed by atoms with Crippen LogP contribution in [0.5, 0.6) is 11.6 Å². The van der Waals surface area contributed by atoms with Gasteiger partial charge in [-0.1, -0.05) is 6.07 Å². The highest BCUT2D eigenvalue weighted by molar-refractivity contribution is 5.71. The molecule has 0 fully saturated rings. The maximum absolute atomic E-state index is 13.4. The zero-order valence-electron chi connectivity index (χ0n) is 10.6. The number of halogens is 1. The van der Waals surface area contributed by atoms with E-state index in [1.807, 2.05) is 13.1 Å². The molecule has 0 saturated heterocycles. The Balaban J connectivity index is 1.95. The van der Waals surface area contributed by atoms with Crippen LogP contribution < -0.4 is 4.74 Å². The topological polar surface area (TPSA) is 39.9 Å². The van der Waals surface area contributed by atoms with Gasteiger partial charge in [0.05, 0.1) is 6.33 Å². The Labute approximate surface area is 109 Å². The van der Waals surface area contributed by atoms with Crippen LogP contribution in [0, 0.1) is 12.7 Å². The largest absolute Gasteiger partial charge is 0.439 e. The van der Waals surface area contributed by atoms with Crippen LogP contribution in [0.15, 0.2) is 36.7 Å². The van der Waals surface area contributed by atoms with E-state index in [0.717, 1.165) is 11.2 Å². The van der Waals surface area contributed by atoms with Crippen molar-refractivity contribution in [2.75, 3.05) is 0 Å². The maximum Gasteiger partial charge on any atom is 0.221 e. The molecule has 0 aliphatic carbocycles. The highest BCUT2D eigenvalue weighted by Gasteiger charge is 2.06. The van der Waals surface area contributed by atoms with Gasteiger partial charge in [-0.2, -0.15) is 4.98 Å². The standard InChI is InChI=1S/C14H12FN3O/c1-9-3-4-10(7-11(9)15)19-13-6-5-12-14(17-13)18(2)8-16-12/h3-8H,1-2H3. The number of rotatable bonds is 2. The van der Waals surface area contributed by atoms with E-state index in [4.69, 9.17) is 4.74 Å². The molecule has 0 bridgehead atoms. The quantitative estimate of drug-likeness (QED) is 0.707. The molecule has 5 heteroatoms. The first-order chi connectivity index (χ1) is 9.13. The normalized spacial score (nSPS) is 10.9. The van der Waals surface area contributed by atoms with Crippen molar-refractivity contribution in [3.8, 4) is 11.6 Å². The molecule has 0 aliphatic heterocycles. The number of hydrogen-bond donors (Lipinski definition) is 0. The lowest BCUT2D eigenvalue weighted by molar-refractivity contribution is 0.459. The van der Waals surface area contributed by atoms with E-state index < -0.39 is 0 Å². The van der Waals surface area contributed by atoms with Gasteiger partial charge in [-0.15, -0.1) is 0 Å². The van der Waals surface area contributed by atoms with Gasteiger partial charge in [0.15, 0.2) is 5.65 Å². The predicted molar refractivity (Wildman–Crippen MR) is 69.7 cm³/mol. The molecule has 2 heterocycles. The summed E-state index contributed by atoms with van der Waals surface area (Å²) in [5.41, 5.74) is 2.11. The molecule has 0 amide bonds. The van der Waals surface area contributed by atoms with E-state index in [1.54, 1.807) is 36.0 Å². The van der Waals surface area contributed by atoms with Gasteiger partial charge in [0.2, 0.25) is 5.88 Å². The van der Waals surface area contributed by atoms with Crippen molar-refractivity contribution in [3.05, 3.63) is 48.0 Å². The molecule has 3 rings (SSSR count). The molecule has 96 valence electrons. The summed E-state index contributed by atoms with van der Waals surface area (Å²) >= 11 is 0. The molecule has 0 atom stereocenters. The van der Waals surface area contributed by atoms with E-state index in [1.165, 1.54) is 6.07 Å². The van der Waals surface area contributed by atoms with Crippen LogP contribution in [-0.4, -0.2) is 14.5 Å². The van der Waals surface area contributed by atoms with Crippen LogP contribution in [0.2, 0.25) is 0 Å². The zero-order chi connectivity index (χ0) is 13.4. The zero-order valence-corrected chi connectivity index (χ0v) is 10.6. The third kappa shape index (κ3) is 2.14. The fourth-order valence-electron chi connectivity index (χ4n) is 1.80. The molecule has 0 aliphatic rings. The average molecular weight is 257 g/mol. The summed E-state index contributed by atoms with van der Waals surface area (Å²) in [7, 11) is 1.86. The molecule has 0 radical (unpaired) electrons. The second-order valence-electron chi connectivity index (χ2n) is 4.36. The molecular weight excluding hydrogens is 245 g/mol. The lowest BCUT2D eigenvalue weighted by Gasteiger charge is -2.06. The van der Waals surface area contributed by atoms with E-state index in [9.17, 15) is 4.39 Å². The number of pyridine rings is 1. The first-order valence-electron chi connectivity index (χ1n) is 5.85. The SMILES string of the molecule is Cc1ccc(Oc2ccc3ncn(C)c3n2)cc1F. The van der Waals surface area contributed by atoms with Gasteiger partial charge in [-0.25, -0.2) is 9.37 Å². The number of ether oxygens (including phenoxy) is 1. The van der Waals surface area contributed by atoms with Crippen LogP contribution in [0.3, 0.4) is 0 Å². The first kappa shape index (κ1) is 11.6. The Morgan fingerprint density at radius 3 is 2.84 bits per heavy atom. The summed E-state index contributed by atoms with van der Waals surface area (Å²) in [5, 5.41) is 0. The third-order valence-corrected chi connectivity index (χ3v) is 2.90. The van der Waals surface area contributed by atoms with Crippen molar-refractivity contribution >= 4 is 11.2 Å². The molecule has 0 N–H and O–H groups in total. The van der Waals surface area contributed by atoms with Gasteiger partial charge in [0, 0.05) is 19.2 Å². The summed E-state index contributed by atoms with van der Waals surface area (Å²) in [6.07, 6.45) is 1.69. The van der Waals surface area contributed by atoms with Crippen molar-refractivity contribution < 1.29 is 9.13 Å². The Bertz CT molecular complexity index is 752. The summed E-state index contributed by atoms with van der Waals surface area (Å²) in [5.74, 6) is 0.551. The van der Waals surface area contributed by atoms with Crippen LogP contribution in [0.4, 0.5) is 4.39 Å². The van der Waals surface area contributed by atoms with E-state index >= 15 is 0 Å². The summed E-state index contributed by atoms with van der Waals surface area (Å²) in [6, 6.07) is 8.28. The Morgan fingerprint density at radius 2 is 2.05 bits per heavy atom. The van der Waals surface area contributed by atoms with Crippen molar-refractivity contribution in [3.63, 3.8) is 0 Å². The molecule has 4 nitrogen and oxygen atoms in total. The van der Waals surface area contributed by atoms with Gasteiger partial charge >= 0.3 is 0 Å². The molecule has 1 aromatic carbocycles. The summed E-state index contributed by atoms with van der Waals surface area (Å²) < 4.78 is 20.8. The Morgan fingerprint density at radius 1 is 1.21 bits per heavy atom. The molecular formula is C14H12FN3O. The molecule has 3 aromatic rings. The highest BCUT2D eigenvalue weighted by Crippen LogP contribution is 2.23. The number of aryl methyl sites for hydroxylation is 2. The van der Waals surface area contributed by atoms with E-state index in [0.29, 0.717) is 17.2 Å². The Hall–Kier alpha value is -2.43. The first-order valence-corrected chi connectivity index (χ1v) is 5.85. The van der Waals surface area contributed by atoms with Crippen molar-refractivity contribution in [1.82, 2.24) is 14.5 Å². The smallest absolute Gasteiger partial charge is 0.221 e. The van der Waals surface area contributed by atoms with Crippen LogP contribution >= 0.6 is 0 Å². The number of aromatic nitrogens is 3. The number of imidazole rings is 1. The lowest BCUT2D eigenvalue weighted by Crippen LogP contribution is -1.92.